The van der Waals surface area contributed by atoms with Gasteiger partial charge in [0.15, 0.2) is 23.7 Å². The van der Waals surface area contributed by atoms with Crippen LogP contribution in [0.15, 0.2) is 54.3 Å². The van der Waals surface area contributed by atoms with Crippen LogP contribution in [0.1, 0.15) is 30.4 Å². The van der Waals surface area contributed by atoms with Crippen LogP contribution in [0.4, 0.5) is 0 Å². The van der Waals surface area contributed by atoms with Crippen molar-refractivity contribution in [2.75, 3.05) is 20.7 Å². The van der Waals surface area contributed by atoms with Gasteiger partial charge in [0.25, 0.3) is 0 Å². The first-order valence-corrected chi connectivity index (χ1v) is 12.4. The van der Waals surface area contributed by atoms with Crippen molar-refractivity contribution in [3.05, 3.63) is 65.4 Å². The maximum atomic E-state index is 12.8. The third-order valence-electron chi connectivity index (χ3n) is 8.38. The molecule has 0 amide bonds. The van der Waals surface area contributed by atoms with E-state index in [1.165, 1.54) is 0 Å². The van der Waals surface area contributed by atoms with Crippen molar-refractivity contribution in [3.63, 3.8) is 0 Å². The molecule has 0 radical (unpaired) electrons. The largest absolute Gasteiger partial charge is 0.493 e. The third-order valence-corrected chi connectivity index (χ3v) is 8.38. The Kier molecular flexibility index (Phi) is 5.56. The Hall–Kier alpha value is -3.40. The summed E-state index contributed by atoms with van der Waals surface area (Å²) in [4.78, 5) is 27.3. The summed E-state index contributed by atoms with van der Waals surface area (Å²) in [5.41, 5.74) is 0.0872. The summed E-state index contributed by atoms with van der Waals surface area (Å²) in [6.45, 7) is 0.744. The summed E-state index contributed by atoms with van der Waals surface area (Å²) in [5, 5.41) is 22.5. The number of piperidine rings is 1. The van der Waals surface area contributed by atoms with E-state index in [1.807, 2.05) is 19.2 Å². The molecule has 2 N–H and O–H groups in total. The van der Waals surface area contributed by atoms with Crippen molar-refractivity contribution >= 4 is 11.9 Å². The highest BCUT2D eigenvalue weighted by molar-refractivity contribution is 5.83. The van der Waals surface area contributed by atoms with Gasteiger partial charge in [-0.2, -0.15) is 0 Å². The summed E-state index contributed by atoms with van der Waals surface area (Å²) in [5.74, 6) is -0.0681. The van der Waals surface area contributed by atoms with Gasteiger partial charge in [-0.15, -0.1) is 0 Å². The molecule has 2 aliphatic heterocycles. The summed E-state index contributed by atoms with van der Waals surface area (Å²) < 4.78 is 22.9. The number of para-hydroxylation sites is 1. The summed E-state index contributed by atoms with van der Waals surface area (Å²) in [6, 6.07) is 12.1. The molecule has 9 nitrogen and oxygen atoms in total. The number of esters is 2. The monoisotopic (exact) mass is 507 g/mol. The number of hydrogen-bond acceptors (Lipinski definition) is 9. The van der Waals surface area contributed by atoms with Gasteiger partial charge in [-0.3, -0.25) is 4.79 Å². The van der Waals surface area contributed by atoms with Crippen LogP contribution in [0.3, 0.4) is 0 Å². The third kappa shape index (κ3) is 3.41. The number of likely N-dealkylation sites (tertiary alicyclic amines) is 1. The first kappa shape index (κ1) is 24.0. The zero-order chi connectivity index (χ0) is 25.9. The fourth-order valence-electron chi connectivity index (χ4n) is 6.67. The quantitative estimate of drug-likeness (QED) is 0.447. The molecule has 6 rings (SSSR count). The fraction of sp³-hybridized carbons (Fsp3) is 0.429. The fourth-order valence-corrected chi connectivity index (χ4v) is 6.67. The zero-order valence-corrected chi connectivity index (χ0v) is 20.7. The van der Waals surface area contributed by atoms with Crippen molar-refractivity contribution in [2.24, 2.45) is 0 Å². The summed E-state index contributed by atoms with van der Waals surface area (Å²) in [7, 11) is 3.59. The second-order valence-corrected chi connectivity index (χ2v) is 10.2. The predicted molar refractivity (Wildman–Crippen MR) is 130 cm³/mol. The van der Waals surface area contributed by atoms with Crippen molar-refractivity contribution in [1.82, 2.24) is 4.90 Å². The Morgan fingerprint density at radius 1 is 1.19 bits per heavy atom. The van der Waals surface area contributed by atoms with Gasteiger partial charge in [-0.1, -0.05) is 24.3 Å². The standard InChI is InChI=1S/C28H29NO8/c1-29-13-12-27-23-16-8-9-19(34-2)24(23)37-25(27)20(10-11-28(27,33)21(29)14-16)36-22(31)15-18(30)26(32)35-17-6-4-3-5-7-17/h3-10,18,21,25,30,33H,11-15H2,1-2H3/t18?,21-,25+,27+,28-/m1/s1. The number of carbonyl (C=O) groups excluding carboxylic acids is 2. The number of ether oxygens (including phenoxy) is 4. The highest BCUT2D eigenvalue weighted by Gasteiger charge is 2.72. The Morgan fingerprint density at radius 3 is 2.73 bits per heavy atom. The average Bonchev–Trinajstić information content (AvgIpc) is 3.24. The molecule has 1 fully saturated rings. The predicted octanol–water partition coefficient (Wildman–Crippen LogP) is 1.87. The van der Waals surface area contributed by atoms with Crippen molar-refractivity contribution in [2.45, 2.75) is 54.9 Å². The molecule has 5 atom stereocenters. The van der Waals surface area contributed by atoms with E-state index in [0.717, 1.165) is 17.7 Å². The van der Waals surface area contributed by atoms with Crippen LogP contribution < -0.4 is 14.2 Å². The summed E-state index contributed by atoms with van der Waals surface area (Å²) >= 11 is 0. The number of aliphatic hydroxyl groups is 2. The second kappa shape index (κ2) is 8.58. The van der Waals surface area contributed by atoms with Gasteiger partial charge >= 0.3 is 11.9 Å². The van der Waals surface area contributed by atoms with Gasteiger partial charge in [-0.05, 0) is 56.3 Å². The van der Waals surface area contributed by atoms with E-state index in [9.17, 15) is 19.8 Å². The first-order chi connectivity index (χ1) is 17.8. The van der Waals surface area contributed by atoms with E-state index in [4.69, 9.17) is 18.9 Å². The molecule has 2 aliphatic carbocycles. The number of hydrogen-bond donors (Lipinski definition) is 2. The van der Waals surface area contributed by atoms with E-state index in [1.54, 1.807) is 43.5 Å². The SMILES string of the molecule is COc1ccc2c3c1O[C@H]1C(OC(=O)CC(O)C(=O)Oc4ccccc4)=CC[C@@]4(O)[C@@H](C2)N(C)CC[C@]314. The zero-order valence-electron chi connectivity index (χ0n) is 20.7. The van der Waals surface area contributed by atoms with Crippen molar-refractivity contribution in [1.29, 1.82) is 0 Å². The van der Waals surface area contributed by atoms with Crippen LogP contribution in [0.25, 0.3) is 0 Å². The van der Waals surface area contributed by atoms with E-state index in [-0.39, 0.29) is 24.0 Å². The first-order valence-electron chi connectivity index (χ1n) is 12.4. The molecule has 2 bridgehead atoms. The minimum atomic E-state index is -1.69. The van der Waals surface area contributed by atoms with Gasteiger partial charge in [0.2, 0.25) is 0 Å². The highest BCUT2D eigenvalue weighted by Crippen LogP contribution is 2.65. The van der Waals surface area contributed by atoms with E-state index in [0.29, 0.717) is 24.3 Å². The maximum absolute atomic E-state index is 12.8. The van der Waals surface area contributed by atoms with Gasteiger partial charge in [0.1, 0.15) is 11.5 Å². The Bertz CT molecular complexity index is 1290. The Balaban J connectivity index is 1.27. The lowest BCUT2D eigenvalue weighted by Gasteiger charge is -2.61. The van der Waals surface area contributed by atoms with Gasteiger partial charge in [-0.25, -0.2) is 4.79 Å². The van der Waals surface area contributed by atoms with E-state index < -0.39 is 41.6 Å². The van der Waals surface area contributed by atoms with Crippen LogP contribution in [0.2, 0.25) is 0 Å². The van der Waals surface area contributed by atoms with Crippen molar-refractivity contribution in [3.8, 4) is 17.2 Å². The average molecular weight is 508 g/mol. The van der Waals surface area contributed by atoms with Crippen LogP contribution >= 0.6 is 0 Å². The number of aliphatic hydroxyl groups excluding tert-OH is 1. The van der Waals surface area contributed by atoms with Crippen LogP contribution in [0.5, 0.6) is 17.2 Å². The molecule has 1 unspecified atom stereocenters. The number of likely N-dealkylation sites (N-methyl/N-ethyl adjacent to an activating group) is 1. The van der Waals surface area contributed by atoms with E-state index in [2.05, 4.69) is 4.90 Å². The molecule has 37 heavy (non-hydrogen) atoms. The number of benzene rings is 2. The number of methoxy groups -OCH3 is 1. The molecule has 194 valence electrons. The van der Waals surface area contributed by atoms with Gasteiger partial charge in [0.05, 0.1) is 24.5 Å². The maximum Gasteiger partial charge on any atom is 0.340 e. The number of rotatable bonds is 6. The Morgan fingerprint density at radius 2 is 1.97 bits per heavy atom. The second-order valence-electron chi connectivity index (χ2n) is 10.2. The topological polar surface area (TPSA) is 115 Å². The molecule has 0 saturated carbocycles. The molecule has 4 aliphatic rings. The van der Waals surface area contributed by atoms with Crippen LogP contribution in [-0.4, -0.2) is 71.6 Å². The lowest BCUT2D eigenvalue weighted by molar-refractivity contribution is -0.170. The van der Waals surface area contributed by atoms with Gasteiger partial charge < -0.3 is 34.1 Å². The van der Waals surface area contributed by atoms with Crippen molar-refractivity contribution < 1.29 is 38.7 Å². The Labute approximate surface area is 214 Å². The lowest BCUT2D eigenvalue weighted by atomic mass is 9.50. The normalized spacial score (nSPS) is 29.9. The van der Waals surface area contributed by atoms with E-state index >= 15 is 0 Å². The molecule has 1 saturated heterocycles. The molecule has 1 spiro atoms. The van der Waals surface area contributed by atoms with Gasteiger partial charge in [0, 0.05) is 18.0 Å². The minimum Gasteiger partial charge on any atom is -0.493 e. The molecule has 2 aromatic carbocycles. The molecular formula is C28H29NO8. The minimum absolute atomic E-state index is 0.123. The smallest absolute Gasteiger partial charge is 0.340 e. The molecule has 9 heteroatoms. The summed E-state index contributed by atoms with van der Waals surface area (Å²) in [6.07, 6.45) is 0.239. The number of carbonyl (C=O) groups is 2. The van der Waals surface area contributed by atoms with Crippen LogP contribution in [-0.2, 0) is 26.2 Å². The highest BCUT2D eigenvalue weighted by atomic mass is 16.6. The molecule has 0 aromatic heterocycles. The lowest BCUT2D eigenvalue weighted by Crippen LogP contribution is -2.74. The van der Waals surface area contributed by atoms with Crippen LogP contribution in [0, 0.1) is 0 Å². The molecule has 2 heterocycles. The molecular weight excluding hydrogens is 478 g/mol. The molecule has 2 aromatic rings. The number of nitrogens with zero attached hydrogens (tertiary/aromatic N) is 1.